The highest BCUT2D eigenvalue weighted by Gasteiger charge is 2.16. The minimum Gasteiger partial charge on any atom is -0.479 e. The van der Waals surface area contributed by atoms with Crippen LogP contribution in [0.25, 0.3) is 0 Å². The molecule has 0 saturated carbocycles. The molecular formula is C20H32O4. The van der Waals surface area contributed by atoms with Gasteiger partial charge in [-0.25, -0.2) is 9.68 Å². The fourth-order valence-electron chi connectivity index (χ4n) is 2.03. The molecule has 4 nitrogen and oxygen atoms in total. The second-order valence-corrected chi connectivity index (χ2v) is 5.60. The number of rotatable bonds is 15. The van der Waals surface area contributed by atoms with Crippen LogP contribution in [0, 0.1) is 0 Å². The van der Waals surface area contributed by atoms with E-state index in [-0.39, 0.29) is 6.42 Å². The van der Waals surface area contributed by atoms with Crippen molar-refractivity contribution in [1.82, 2.24) is 0 Å². The Morgan fingerprint density at radius 3 is 1.83 bits per heavy atom. The number of hydrogen-bond acceptors (Lipinski definition) is 3. The standard InChI is InChI=1S/C20H32O4/c1-2-3-4-5-6-7-8-9-10-11-12-13-14-15-16-17-18-19(24-23)20(21)22/h6-7,9-10,12-13,15-16,19,23H,2-5,8,11,14,17-18H2,1H3,(H,21,22)/b7-6-,10-9-,13-12-,16-15-/t19-/m1/s1. The van der Waals surface area contributed by atoms with Gasteiger partial charge in [0, 0.05) is 0 Å². The number of unbranched alkanes of at least 4 members (excludes halogenated alkanes) is 3. The predicted molar refractivity (Wildman–Crippen MR) is 98.9 cm³/mol. The van der Waals surface area contributed by atoms with Crippen LogP contribution in [0.15, 0.2) is 48.6 Å². The van der Waals surface area contributed by atoms with E-state index in [1.807, 2.05) is 12.2 Å². The highest BCUT2D eigenvalue weighted by Crippen LogP contribution is 2.03. The summed E-state index contributed by atoms with van der Waals surface area (Å²) < 4.78 is 0. The van der Waals surface area contributed by atoms with E-state index in [1.54, 1.807) is 0 Å². The molecule has 0 spiro atoms. The second kappa shape index (κ2) is 17.7. The molecule has 0 fully saturated rings. The van der Waals surface area contributed by atoms with E-state index in [2.05, 4.69) is 48.3 Å². The highest BCUT2D eigenvalue weighted by atomic mass is 17.1. The lowest BCUT2D eigenvalue weighted by atomic mass is 10.2. The van der Waals surface area contributed by atoms with Gasteiger partial charge in [-0.05, 0) is 44.9 Å². The van der Waals surface area contributed by atoms with E-state index in [0.29, 0.717) is 6.42 Å². The van der Waals surface area contributed by atoms with Gasteiger partial charge in [-0.3, -0.25) is 5.26 Å². The Morgan fingerprint density at radius 2 is 1.38 bits per heavy atom. The van der Waals surface area contributed by atoms with Crippen molar-refractivity contribution in [3.05, 3.63) is 48.6 Å². The molecule has 0 aliphatic rings. The van der Waals surface area contributed by atoms with E-state index >= 15 is 0 Å². The van der Waals surface area contributed by atoms with Crippen LogP contribution < -0.4 is 0 Å². The molecular weight excluding hydrogens is 304 g/mol. The molecule has 0 aliphatic heterocycles. The first kappa shape index (κ1) is 22.4. The SMILES string of the molecule is CCCCC/C=C\C/C=C\C/C=C\C/C=C\CC[C@@H](OO)C(=O)O. The smallest absolute Gasteiger partial charge is 0.336 e. The molecule has 1 atom stereocenters. The maximum Gasteiger partial charge on any atom is 0.336 e. The Bertz CT molecular complexity index is 408. The minimum absolute atomic E-state index is 0.265. The first-order valence-corrected chi connectivity index (χ1v) is 8.85. The van der Waals surface area contributed by atoms with Crippen molar-refractivity contribution in [3.8, 4) is 0 Å². The fraction of sp³-hybridized carbons (Fsp3) is 0.550. The van der Waals surface area contributed by atoms with E-state index in [1.165, 1.54) is 25.7 Å². The Balaban J connectivity index is 3.56. The van der Waals surface area contributed by atoms with Gasteiger partial charge in [0.25, 0.3) is 0 Å². The Kier molecular flexibility index (Phi) is 16.5. The van der Waals surface area contributed by atoms with Gasteiger partial charge in [-0.15, -0.1) is 0 Å². The molecule has 4 heteroatoms. The Morgan fingerprint density at radius 1 is 0.875 bits per heavy atom. The zero-order chi connectivity index (χ0) is 17.9. The molecule has 2 N–H and O–H groups in total. The third-order valence-electron chi connectivity index (χ3n) is 3.46. The number of aliphatic carboxylic acids is 1. The quantitative estimate of drug-likeness (QED) is 0.175. The number of carboxylic acid groups (broad SMARTS) is 1. The van der Waals surface area contributed by atoms with E-state index < -0.39 is 12.1 Å². The number of hydrogen-bond donors (Lipinski definition) is 2. The highest BCUT2D eigenvalue weighted by molar-refractivity contribution is 5.72. The van der Waals surface area contributed by atoms with Crippen molar-refractivity contribution in [2.45, 2.75) is 70.8 Å². The third-order valence-corrected chi connectivity index (χ3v) is 3.46. The van der Waals surface area contributed by atoms with Crippen molar-refractivity contribution < 1.29 is 20.0 Å². The second-order valence-electron chi connectivity index (χ2n) is 5.60. The molecule has 0 amide bonds. The van der Waals surface area contributed by atoms with Crippen molar-refractivity contribution in [2.24, 2.45) is 0 Å². The first-order valence-electron chi connectivity index (χ1n) is 8.85. The molecule has 0 aliphatic carbocycles. The van der Waals surface area contributed by atoms with Gasteiger partial charge in [0.2, 0.25) is 0 Å². The molecule has 0 aromatic heterocycles. The van der Waals surface area contributed by atoms with Gasteiger partial charge in [0.1, 0.15) is 0 Å². The average Bonchev–Trinajstić information content (AvgIpc) is 2.57. The molecule has 0 rings (SSSR count). The Hall–Kier alpha value is -1.65. The summed E-state index contributed by atoms with van der Waals surface area (Å²) in [6.07, 6.45) is 24.4. The van der Waals surface area contributed by atoms with Crippen LogP contribution in [-0.2, 0) is 9.68 Å². The van der Waals surface area contributed by atoms with Crippen LogP contribution in [0.5, 0.6) is 0 Å². The van der Waals surface area contributed by atoms with Crippen LogP contribution in [0.2, 0.25) is 0 Å². The number of carbonyl (C=O) groups is 1. The van der Waals surface area contributed by atoms with E-state index in [9.17, 15) is 4.79 Å². The van der Waals surface area contributed by atoms with Crippen LogP contribution in [0.4, 0.5) is 0 Å². The normalized spacial score (nSPS) is 13.8. The predicted octanol–water partition coefficient (Wildman–Crippen LogP) is 5.68. The molecule has 0 bridgehead atoms. The summed E-state index contributed by atoms with van der Waals surface area (Å²) in [6.45, 7) is 2.22. The van der Waals surface area contributed by atoms with Crippen LogP contribution in [0.3, 0.4) is 0 Å². The fourth-order valence-corrected chi connectivity index (χ4v) is 2.03. The van der Waals surface area contributed by atoms with Gasteiger partial charge in [-0.2, -0.15) is 0 Å². The van der Waals surface area contributed by atoms with Gasteiger partial charge in [0.15, 0.2) is 6.10 Å². The summed E-state index contributed by atoms with van der Waals surface area (Å²) >= 11 is 0. The van der Waals surface area contributed by atoms with Gasteiger partial charge in [-0.1, -0.05) is 68.4 Å². The Labute approximate surface area is 146 Å². The molecule has 0 aromatic rings. The molecule has 0 unspecified atom stereocenters. The molecule has 0 radical (unpaired) electrons. The summed E-state index contributed by atoms with van der Waals surface area (Å²) in [5.74, 6) is -1.15. The summed E-state index contributed by atoms with van der Waals surface area (Å²) in [5, 5.41) is 17.1. The third kappa shape index (κ3) is 15.3. The van der Waals surface area contributed by atoms with Gasteiger partial charge >= 0.3 is 5.97 Å². The summed E-state index contributed by atoms with van der Waals surface area (Å²) in [6, 6.07) is 0. The average molecular weight is 336 g/mol. The van der Waals surface area contributed by atoms with Gasteiger partial charge in [0.05, 0.1) is 0 Å². The first-order chi connectivity index (χ1) is 11.7. The monoisotopic (exact) mass is 336 g/mol. The van der Waals surface area contributed by atoms with E-state index in [4.69, 9.17) is 10.4 Å². The lowest BCUT2D eigenvalue weighted by molar-refractivity contribution is -0.277. The maximum absolute atomic E-state index is 10.6. The van der Waals surface area contributed by atoms with Crippen LogP contribution >= 0.6 is 0 Å². The molecule has 0 heterocycles. The van der Waals surface area contributed by atoms with Crippen LogP contribution in [0.1, 0.15) is 64.7 Å². The summed E-state index contributed by atoms with van der Waals surface area (Å²) in [5.41, 5.74) is 0. The zero-order valence-corrected chi connectivity index (χ0v) is 14.8. The summed E-state index contributed by atoms with van der Waals surface area (Å²) in [4.78, 5) is 14.5. The molecule has 0 aromatic carbocycles. The number of carboxylic acids is 1. The molecule has 0 saturated heterocycles. The van der Waals surface area contributed by atoms with Crippen LogP contribution in [-0.4, -0.2) is 22.4 Å². The zero-order valence-electron chi connectivity index (χ0n) is 14.8. The van der Waals surface area contributed by atoms with Gasteiger partial charge < -0.3 is 5.11 Å². The summed E-state index contributed by atoms with van der Waals surface area (Å²) in [7, 11) is 0. The molecule has 24 heavy (non-hydrogen) atoms. The van der Waals surface area contributed by atoms with Crippen molar-refractivity contribution in [1.29, 1.82) is 0 Å². The van der Waals surface area contributed by atoms with Crippen molar-refractivity contribution in [2.75, 3.05) is 0 Å². The van der Waals surface area contributed by atoms with Crippen molar-refractivity contribution >= 4 is 5.97 Å². The topological polar surface area (TPSA) is 66.8 Å². The van der Waals surface area contributed by atoms with Crippen molar-refractivity contribution in [3.63, 3.8) is 0 Å². The maximum atomic E-state index is 10.6. The number of allylic oxidation sites excluding steroid dienone is 8. The lowest BCUT2D eigenvalue weighted by Gasteiger charge is -2.05. The largest absolute Gasteiger partial charge is 0.479 e. The minimum atomic E-state index is -1.15. The lowest BCUT2D eigenvalue weighted by Crippen LogP contribution is -2.21. The van der Waals surface area contributed by atoms with E-state index in [0.717, 1.165) is 19.3 Å². The molecule has 136 valence electrons.